The van der Waals surface area contributed by atoms with Crippen LogP contribution in [-0.2, 0) is 4.79 Å². The van der Waals surface area contributed by atoms with Crippen molar-refractivity contribution in [2.75, 3.05) is 0 Å². The van der Waals surface area contributed by atoms with Crippen molar-refractivity contribution in [3.05, 3.63) is 71.8 Å². The fraction of sp³-hybridized carbons (Fsp3) is 0.200. The van der Waals surface area contributed by atoms with E-state index in [1.54, 1.807) is 36.4 Å². The standard InChI is InChI=1S/C18H12O5.C7H13BrN2O2.ClH/c19-17(20)13-5-1-11(2-6-13)15-9-10-16(23-15)12-3-7-14(8-4-12)18(21)22;1-3-7(8,4-2)5(11)10-6(9)12;/h1-10H,(H,19,20)(H,21,22);3-4H2,1-2H3,(H3,9,10,11,12);1H. The smallest absolute Gasteiger partial charge is 0.335 e. The molecule has 5 N–H and O–H groups in total. The molecule has 1 aromatic heterocycles. The van der Waals surface area contributed by atoms with Gasteiger partial charge in [0.1, 0.15) is 15.8 Å². The Morgan fingerprint density at radius 1 is 0.806 bits per heavy atom. The van der Waals surface area contributed by atoms with Crippen LogP contribution in [0, 0.1) is 0 Å². The number of furan rings is 1. The summed E-state index contributed by atoms with van der Waals surface area (Å²) >= 11 is 3.26. The Morgan fingerprint density at radius 2 is 1.17 bits per heavy atom. The molecular weight excluding hydrogens is 556 g/mol. The highest BCUT2D eigenvalue weighted by Crippen LogP contribution is 2.29. The molecule has 2 aromatic carbocycles. The summed E-state index contributed by atoms with van der Waals surface area (Å²) in [6.45, 7) is 3.72. The van der Waals surface area contributed by atoms with E-state index in [2.05, 4.69) is 15.9 Å². The van der Waals surface area contributed by atoms with Gasteiger partial charge in [0.2, 0.25) is 5.91 Å². The summed E-state index contributed by atoms with van der Waals surface area (Å²) in [5, 5.41) is 19.8. The molecule has 9 nitrogen and oxygen atoms in total. The van der Waals surface area contributed by atoms with E-state index in [0.29, 0.717) is 24.4 Å². The molecule has 0 aliphatic carbocycles. The monoisotopic (exact) mass is 580 g/mol. The van der Waals surface area contributed by atoms with E-state index in [4.69, 9.17) is 20.4 Å². The average Bonchev–Trinajstić information content (AvgIpc) is 3.34. The predicted octanol–water partition coefficient (Wildman–Crippen LogP) is 5.57. The summed E-state index contributed by atoms with van der Waals surface area (Å²) < 4.78 is 5.10. The van der Waals surface area contributed by atoms with Gasteiger partial charge < -0.3 is 20.4 Å². The lowest BCUT2D eigenvalue weighted by atomic mass is 10.0. The normalized spacial score (nSPS) is 10.3. The number of halogens is 2. The molecule has 0 radical (unpaired) electrons. The highest BCUT2D eigenvalue weighted by molar-refractivity contribution is 9.10. The first kappa shape index (κ1) is 30.4. The second kappa shape index (κ2) is 13.5. The van der Waals surface area contributed by atoms with Crippen LogP contribution >= 0.6 is 28.3 Å². The van der Waals surface area contributed by atoms with E-state index in [1.807, 2.05) is 19.2 Å². The Morgan fingerprint density at radius 3 is 1.44 bits per heavy atom. The maximum Gasteiger partial charge on any atom is 0.335 e. The van der Waals surface area contributed by atoms with Crippen LogP contribution in [0.2, 0.25) is 0 Å². The van der Waals surface area contributed by atoms with Crippen molar-refractivity contribution in [2.45, 2.75) is 31.0 Å². The molecule has 3 amide bonds. The van der Waals surface area contributed by atoms with Crippen molar-refractivity contribution < 1.29 is 33.8 Å². The lowest BCUT2D eigenvalue weighted by Crippen LogP contribution is -2.46. The second-order valence-electron chi connectivity index (χ2n) is 7.42. The van der Waals surface area contributed by atoms with Crippen LogP contribution in [-0.4, -0.2) is 38.4 Å². The first-order valence-electron chi connectivity index (χ1n) is 10.6. The van der Waals surface area contributed by atoms with E-state index < -0.39 is 22.3 Å². The molecule has 3 rings (SSSR count). The Labute approximate surface area is 222 Å². The van der Waals surface area contributed by atoms with Gasteiger partial charge in [-0.15, -0.1) is 12.4 Å². The average molecular weight is 582 g/mol. The van der Waals surface area contributed by atoms with Gasteiger partial charge in [0.15, 0.2) is 0 Å². The molecule has 11 heteroatoms. The van der Waals surface area contributed by atoms with E-state index in [9.17, 15) is 19.2 Å². The largest absolute Gasteiger partial charge is 0.478 e. The number of rotatable bonds is 7. The van der Waals surface area contributed by atoms with Gasteiger partial charge in [-0.25, -0.2) is 14.4 Å². The number of carboxylic acids is 2. The Balaban J connectivity index is 0.000000429. The predicted molar refractivity (Wildman–Crippen MR) is 141 cm³/mol. The van der Waals surface area contributed by atoms with Crippen LogP contribution in [0.4, 0.5) is 4.79 Å². The number of urea groups is 1. The van der Waals surface area contributed by atoms with Crippen LogP contribution in [0.1, 0.15) is 47.4 Å². The maximum atomic E-state index is 11.3. The third-order valence-corrected chi connectivity index (χ3v) is 6.68. The molecule has 0 aliphatic heterocycles. The lowest BCUT2D eigenvalue weighted by Gasteiger charge is -2.21. The summed E-state index contributed by atoms with van der Waals surface area (Å²) in [6, 6.07) is 15.5. The SMILES string of the molecule is CCC(Br)(CC)C(=O)NC(N)=O.Cl.O=C(O)c1ccc(-c2ccc(-c3ccc(C(=O)O)cc3)o2)cc1. The summed E-state index contributed by atoms with van der Waals surface area (Å²) in [5.74, 6) is -1.11. The van der Waals surface area contributed by atoms with E-state index in [1.165, 1.54) is 24.3 Å². The van der Waals surface area contributed by atoms with Gasteiger partial charge in [-0.05, 0) is 49.2 Å². The molecular formula is C25H26BrClN2O7. The summed E-state index contributed by atoms with van der Waals surface area (Å²) in [6.07, 6.45) is 1.23. The third-order valence-electron chi connectivity index (χ3n) is 5.20. The molecule has 36 heavy (non-hydrogen) atoms. The molecule has 0 unspecified atom stereocenters. The fourth-order valence-electron chi connectivity index (χ4n) is 3.00. The van der Waals surface area contributed by atoms with Crippen molar-refractivity contribution in [1.29, 1.82) is 0 Å². The molecule has 192 valence electrons. The first-order valence-corrected chi connectivity index (χ1v) is 11.4. The van der Waals surface area contributed by atoms with Gasteiger partial charge in [-0.3, -0.25) is 10.1 Å². The minimum atomic E-state index is -0.977. The molecule has 0 saturated carbocycles. The zero-order valence-electron chi connectivity index (χ0n) is 19.5. The van der Waals surface area contributed by atoms with Gasteiger partial charge >= 0.3 is 18.0 Å². The number of hydrogen-bond donors (Lipinski definition) is 4. The van der Waals surface area contributed by atoms with E-state index >= 15 is 0 Å². The van der Waals surface area contributed by atoms with Crippen molar-refractivity contribution in [3.8, 4) is 22.6 Å². The number of primary amides is 1. The highest BCUT2D eigenvalue weighted by atomic mass is 79.9. The number of alkyl halides is 1. The zero-order chi connectivity index (χ0) is 26.2. The molecule has 3 aromatic rings. The third kappa shape index (κ3) is 7.96. The van der Waals surface area contributed by atoms with Gasteiger partial charge in [0.25, 0.3) is 0 Å². The maximum absolute atomic E-state index is 11.3. The molecule has 0 fully saturated rings. The number of nitrogens with one attached hydrogen (secondary N) is 1. The van der Waals surface area contributed by atoms with Crippen LogP contribution in [0.5, 0.6) is 0 Å². The number of imide groups is 1. The van der Waals surface area contributed by atoms with Gasteiger partial charge in [-0.1, -0.05) is 54.0 Å². The Kier molecular flexibility index (Phi) is 11.4. The number of aromatic carboxylic acids is 2. The topological polar surface area (TPSA) is 160 Å². The van der Waals surface area contributed by atoms with Crippen molar-refractivity contribution in [3.63, 3.8) is 0 Å². The van der Waals surface area contributed by atoms with Crippen molar-refractivity contribution in [1.82, 2.24) is 5.32 Å². The minimum absolute atomic E-state index is 0. The second-order valence-corrected chi connectivity index (χ2v) is 8.94. The molecule has 0 bridgehead atoms. The Hall–Kier alpha value is -3.63. The fourth-order valence-corrected chi connectivity index (χ4v) is 3.10. The molecule has 0 atom stereocenters. The summed E-state index contributed by atoms with van der Waals surface area (Å²) in [5.41, 5.74) is 6.77. The lowest BCUT2D eigenvalue weighted by molar-refractivity contribution is -0.122. The van der Waals surface area contributed by atoms with Crippen LogP contribution in [0.15, 0.2) is 65.1 Å². The zero-order valence-corrected chi connectivity index (χ0v) is 21.9. The molecule has 0 spiro atoms. The summed E-state index contributed by atoms with van der Waals surface area (Å²) in [7, 11) is 0. The number of carbonyl (C=O) groups is 4. The number of amides is 3. The molecule has 1 heterocycles. The van der Waals surface area contributed by atoms with E-state index in [0.717, 1.165) is 11.1 Å². The number of carboxylic acid groups (broad SMARTS) is 2. The molecule has 0 aliphatic rings. The number of nitrogens with two attached hydrogens (primary N) is 1. The minimum Gasteiger partial charge on any atom is -0.478 e. The van der Waals surface area contributed by atoms with Crippen LogP contribution < -0.4 is 11.1 Å². The van der Waals surface area contributed by atoms with Crippen LogP contribution in [0.25, 0.3) is 22.6 Å². The summed E-state index contributed by atoms with van der Waals surface area (Å²) in [4.78, 5) is 43.3. The first-order chi connectivity index (χ1) is 16.5. The van der Waals surface area contributed by atoms with Gasteiger partial charge in [-0.2, -0.15) is 0 Å². The van der Waals surface area contributed by atoms with E-state index in [-0.39, 0.29) is 29.4 Å². The molecule has 0 saturated heterocycles. The number of carbonyl (C=O) groups excluding carboxylic acids is 2. The quantitative estimate of drug-likeness (QED) is 0.265. The number of benzene rings is 2. The van der Waals surface area contributed by atoms with Crippen molar-refractivity contribution >= 4 is 52.2 Å². The number of hydrogen-bond acceptors (Lipinski definition) is 5. The van der Waals surface area contributed by atoms with Gasteiger partial charge in [0, 0.05) is 11.1 Å². The highest BCUT2D eigenvalue weighted by Gasteiger charge is 2.32. The van der Waals surface area contributed by atoms with Crippen molar-refractivity contribution in [2.24, 2.45) is 5.73 Å². The Bertz CT molecular complexity index is 1130. The van der Waals surface area contributed by atoms with Crippen LogP contribution in [0.3, 0.4) is 0 Å². The van der Waals surface area contributed by atoms with Gasteiger partial charge in [0.05, 0.1) is 11.1 Å².